The van der Waals surface area contributed by atoms with Crippen LogP contribution in [0.5, 0.6) is 28.7 Å². The quantitative estimate of drug-likeness (QED) is 0.0970. The number of para-hydroxylation sites is 2. The zero-order valence-corrected chi connectivity index (χ0v) is 29.2. The smallest absolute Gasteiger partial charge is 0.496 e. The Bertz CT molecular complexity index is 1670. The lowest BCUT2D eigenvalue weighted by Gasteiger charge is -2.37. The first-order chi connectivity index (χ1) is 23.7. The van der Waals surface area contributed by atoms with E-state index in [1.807, 2.05) is 66.7 Å². The Morgan fingerprint density at radius 1 is 0.796 bits per heavy atom. The molecule has 0 aromatic heterocycles. The normalized spacial score (nSPS) is 16.5. The topological polar surface area (TPSA) is 94.2 Å². The number of hydroxylamine groups is 2. The second kappa shape index (κ2) is 16.6. The van der Waals surface area contributed by atoms with Crippen LogP contribution in [-0.2, 0) is 20.9 Å². The van der Waals surface area contributed by atoms with E-state index in [2.05, 4.69) is 12.1 Å². The monoisotopic (exact) mass is 673 g/mol. The molecule has 0 N–H and O–H groups in total. The van der Waals surface area contributed by atoms with E-state index in [0.29, 0.717) is 44.2 Å². The van der Waals surface area contributed by atoms with E-state index in [0.717, 1.165) is 45.6 Å². The van der Waals surface area contributed by atoms with Crippen molar-refractivity contribution in [3.63, 3.8) is 0 Å². The third-order valence-corrected chi connectivity index (χ3v) is 8.22. The number of carbonyl (C=O) groups excluding carboxylic acids is 1. The lowest BCUT2D eigenvalue weighted by molar-refractivity contribution is -0.179. The number of hydrogen-bond donors (Lipinski definition) is 0. The second-order valence-corrected chi connectivity index (χ2v) is 12.8. The Balaban J connectivity index is 1.26. The van der Waals surface area contributed by atoms with Crippen molar-refractivity contribution in [3.05, 3.63) is 90.0 Å². The number of carbonyl (C=O) groups is 1. The van der Waals surface area contributed by atoms with Crippen molar-refractivity contribution in [2.75, 3.05) is 47.6 Å². The van der Waals surface area contributed by atoms with Gasteiger partial charge in [0.05, 0.1) is 53.8 Å². The minimum absolute atomic E-state index is 0.0372. The van der Waals surface area contributed by atoms with Gasteiger partial charge in [0.1, 0.15) is 22.8 Å². The van der Waals surface area contributed by atoms with E-state index in [1.165, 1.54) is 0 Å². The number of methoxy groups -OCH3 is 3. The first kappa shape index (κ1) is 35.6. The first-order valence-corrected chi connectivity index (χ1v) is 16.6. The van der Waals surface area contributed by atoms with Crippen molar-refractivity contribution in [2.45, 2.75) is 57.8 Å². The van der Waals surface area contributed by atoms with E-state index < -0.39 is 11.8 Å². The summed E-state index contributed by atoms with van der Waals surface area (Å²) in [4.78, 5) is 18.1. The number of piperidine rings is 1. The third kappa shape index (κ3) is 9.49. The molecule has 4 aromatic rings. The highest BCUT2D eigenvalue weighted by atomic mass is 16.8. The minimum atomic E-state index is -0.736. The van der Waals surface area contributed by atoms with Crippen LogP contribution in [0.1, 0.15) is 50.7 Å². The molecule has 262 valence electrons. The molecule has 1 saturated heterocycles. The van der Waals surface area contributed by atoms with Gasteiger partial charge in [-0.05, 0) is 63.1 Å². The summed E-state index contributed by atoms with van der Waals surface area (Å²) in [5, 5.41) is 3.53. The van der Waals surface area contributed by atoms with Gasteiger partial charge in [-0.1, -0.05) is 48.5 Å². The highest BCUT2D eigenvalue weighted by Crippen LogP contribution is 2.38. The van der Waals surface area contributed by atoms with E-state index in [1.54, 1.807) is 47.2 Å². The van der Waals surface area contributed by atoms with Crippen molar-refractivity contribution in [2.24, 2.45) is 0 Å². The van der Waals surface area contributed by atoms with Crippen LogP contribution in [0.4, 0.5) is 4.79 Å². The Labute approximate surface area is 288 Å². The molecule has 2 atom stereocenters. The molecular formula is C39H47NO9. The molecule has 1 fully saturated rings. The molecule has 5 rings (SSSR count). The summed E-state index contributed by atoms with van der Waals surface area (Å²) >= 11 is 0. The Hall–Kier alpha value is -4.67. The predicted octanol–water partition coefficient (Wildman–Crippen LogP) is 7.95. The SMILES string of the molecule is COc1ccccc1OCCCOc1ccc(C2CCN(OC(=O)OC(C)(C)C)CC2OCc2cc(OC)c3ccccc3c2OC)cc1. The highest BCUT2D eigenvalue weighted by molar-refractivity contribution is 5.94. The molecule has 10 heteroatoms. The number of ether oxygens (including phenoxy) is 7. The summed E-state index contributed by atoms with van der Waals surface area (Å²) in [6, 6.07) is 25.6. The number of nitrogens with zero attached hydrogens (tertiary/aromatic N) is 1. The Morgan fingerprint density at radius 3 is 2.16 bits per heavy atom. The van der Waals surface area contributed by atoms with Gasteiger partial charge in [0.25, 0.3) is 0 Å². The molecule has 1 heterocycles. The summed E-state index contributed by atoms with van der Waals surface area (Å²) in [5.41, 5.74) is 1.31. The van der Waals surface area contributed by atoms with Crippen LogP contribution in [0.3, 0.4) is 0 Å². The van der Waals surface area contributed by atoms with Crippen LogP contribution < -0.4 is 23.7 Å². The highest BCUT2D eigenvalue weighted by Gasteiger charge is 2.34. The van der Waals surface area contributed by atoms with Crippen molar-refractivity contribution in [1.29, 1.82) is 0 Å². The Kier molecular flexibility index (Phi) is 12.1. The van der Waals surface area contributed by atoms with Gasteiger partial charge in [-0.3, -0.25) is 0 Å². The standard InChI is InChI=1S/C39H47NO9/c1-39(2,3)48-38(41)49-40-21-20-30(27-16-18-29(19-17-27)45-22-11-23-46-34-15-10-9-14-33(34)42-4)36(25-40)47-26-28-24-35(43-5)31-12-7-8-13-32(31)37(28)44-6/h7-10,12-19,24,30,36H,11,20-23,25-26H2,1-6H3. The maximum Gasteiger partial charge on any atom is 0.528 e. The molecule has 1 aliphatic rings. The van der Waals surface area contributed by atoms with Gasteiger partial charge in [0, 0.05) is 35.2 Å². The summed E-state index contributed by atoms with van der Waals surface area (Å²) in [5.74, 6) is 3.71. The van der Waals surface area contributed by atoms with Gasteiger partial charge in [0.2, 0.25) is 0 Å². The molecule has 10 nitrogen and oxygen atoms in total. The van der Waals surface area contributed by atoms with Crippen molar-refractivity contribution in [1.82, 2.24) is 5.06 Å². The van der Waals surface area contributed by atoms with Crippen LogP contribution in [0.2, 0.25) is 0 Å². The van der Waals surface area contributed by atoms with Crippen molar-refractivity contribution in [3.8, 4) is 28.7 Å². The molecule has 0 bridgehead atoms. The maximum atomic E-state index is 12.5. The molecule has 1 aliphatic heterocycles. The van der Waals surface area contributed by atoms with Gasteiger partial charge in [-0.25, -0.2) is 4.79 Å². The van der Waals surface area contributed by atoms with Crippen molar-refractivity contribution >= 4 is 16.9 Å². The average molecular weight is 674 g/mol. The fourth-order valence-electron chi connectivity index (χ4n) is 5.96. The van der Waals surface area contributed by atoms with Gasteiger partial charge in [-0.2, -0.15) is 0 Å². The van der Waals surface area contributed by atoms with E-state index in [9.17, 15) is 4.79 Å². The molecule has 0 radical (unpaired) electrons. The largest absolute Gasteiger partial charge is 0.528 e. The molecule has 0 spiro atoms. The molecule has 2 unspecified atom stereocenters. The van der Waals surface area contributed by atoms with Crippen LogP contribution >= 0.6 is 0 Å². The lowest BCUT2D eigenvalue weighted by Crippen LogP contribution is -2.45. The maximum absolute atomic E-state index is 12.5. The van der Waals surface area contributed by atoms with Crippen molar-refractivity contribution < 1.29 is 42.8 Å². The van der Waals surface area contributed by atoms with E-state index >= 15 is 0 Å². The fraction of sp³-hybridized carbons (Fsp3) is 0.410. The fourth-order valence-corrected chi connectivity index (χ4v) is 5.96. The zero-order valence-electron chi connectivity index (χ0n) is 29.2. The Morgan fingerprint density at radius 2 is 1.47 bits per heavy atom. The van der Waals surface area contributed by atoms with Gasteiger partial charge >= 0.3 is 6.16 Å². The predicted molar refractivity (Wildman–Crippen MR) is 187 cm³/mol. The summed E-state index contributed by atoms with van der Waals surface area (Å²) in [6.45, 7) is 7.60. The number of rotatable bonds is 14. The zero-order chi connectivity index (χ0) is 34.8. The average Bonchev–Trinajstić information content (AvgIpc) is 3.09. The third-order valence-electron chi connectivity index (χ3n) is 8.22. The lowest BCUT2D eigenvalue weighted by atomic mass is 9.87. The number of fused-ring (bicyclic) bond motifs is 1. The first-order valence-electron chi connectivity index (χ1n) is 16.6. The van der Waals surface area contributed by atoms with E-state index in [4.69, 9.17) is 38.0 Å². The van der Waals surface area contributed by atoms with E-state index in [-0.39, 0.29) is 18.6 Å². The minimum Gasteiger partial charge on any atom is -0.496 e. The van der Waals surface area contributed by atoms with Gasteiger partial charge < -0.3 is 38.0 Å². The van der Waals surface area contributed by atoms with Gasteiger partial charge in [0.15, 0.2) is 11.5 Å². The second-order valence-electron chi connectivity index (χ2n) is 12.8. The van der Waals surface area contributed by atoms with Crippen LogP contribution in [0, 0.1) is 0 Å². The number of hydrogen-bond acceptors (Lipinski definition) is 10. The number of benzene rings is 4. The van der Waals surface area contributed by atoms with Crippen LogP contribution in [0.15, 0.2) is 78.9 Å². The summed E-state index contributed by atoms with van der Waals surface area (Å²) < 4.78 is 40.9. The molecule has 0 aliphatic carbocycles. The van der Waals surface area contributed by atoms with Crippen LogP contribution in [0.25, 0.3) is 10.8 Å². The van der Waals surface area contributed by atoms with Crippen LogP contribution in [-0.4, -0.2) is 70.6 Å². The molecule has 0 saturated carbocycles. The summed E-state index contributed by atoms with van der Waals surface area (Å²) in [7, 11) is 4.95. The summed E-state index contributed by atoms with van der Waals surface area (Å²) in [6.07, 6.45) is 0.374. The molecular weight excluding hydrogens is 626 g/mol. The van der Waals surface area contributed by atoms with Gasteiger partial charge in [-0.15, -0.1) is 5.06 Å². The molecule has 4 aromatic carbocycles. The molecule has 49 heavy (non-hydrogen) atoms. The molecule has 0 amide bonds.